The first-order chi connectivity index (χ1) is 10.6. The summed E-state index contributed by atoms with van der Waals surface area (Å²) < 4.78 is 0. The Labute approximate surface area is 136 Å². The average Bonchev–Trinajstić information content (AvgIpc) is 2.91. The fourth-order valence-corrected chi connectivity index (χ4v) is 3.38. The number of rotatable bonds is 6. The third kappa shape index (κ3) is 5.21. The maximum atomic E-state index is 12.2. The second kappa shape index (κ2) is 8.43. The number of anilines is 1. The van der Waals surface area contributed by atoms with Crippen LogP contribution in [-0.4, -0.2) is 59.3 Å². The number of carbonyl (C=O) groups is 1. The molecular weight excluding hydrogens is 298 g/mol. The van der Waals surface area contributed by atoms with Crippen LogP contribution in [0.25, 0.3) is 0 Å². The van der Waals surface area contributed by atoms with Crippen molar-refractivity contribution in [2.45, 2.75) is 39.5 Å². The molecule has 124 valence electrons. The number of aromatic nitrogens is 2. The van der Waals surface area contributed by atoms with Gasteiger partial charge in [0.2, 0.25) is 5.13 Å². The highest BCUT2D eigenvalue weighted by Gasteiger charge is 2.24. The second-order valence-electron chi connectivity index (χ2n) is 6.10. The number of nitrogens with one attached hydrogen (secondary N) is 1. The van der Waals surface area contributed by atoms with Crippen molar-refractivity contribution in [3.63, 3.8) is 0 Å². The van der Waals surface area contributed by atoms with E-state index in [1.807, 2.05) is 11.8 Å². The van der Waals surface area contributed by atoms with Crippen LogP contribution in [0.15, 0.2) is 0 Å². The first-order valence-electron chi connectivity index (χ1n) is 8.13. The van der Waals surface area contributed by atoms with Crippen LogP contribution in [0.1, 0.15) is 37.6 Å². The van der Waals surface area contributed by atoms with E-state index in [4.69, 9.17) is 0 Å². The van der Waals surface area contributed by atoms with Gasteiger partial charge in [-0.05, 0) is 45.7 Å². The average molecular weight is 325 g/mol. The molecule has 1 aliphatic rings. The fourth-order valence-electron chi connectivity index (χ4n) is 2.80. The van der Waals surface area contributed by atoms with E-state index in [0.29, 0.717) is 11.0 Å². The number of hydrogen-bond donors (Lipinski definition) is 1. The highest BCUT2D eigenvalue weighted by atomic mass is 32.1. The van der Waals surface area contributed by atoms with Crippen molar-refractivity contribution in [1.82, 2.24) is 20.0 Å². The molecule has 6 nitrogen and oxygen atoms in total. The zero-order valence-electron chi connectivity index (χ0n) is 13.8. The normalized spacial score (nSPS) is 16.3. The smallest absolute Gasteiger partial charge is 0.323 e. The minimum absolute atomic E-state index is 0.0473. The summed E-state index contributed by atoms with van der Waals surface area (Å²) in [4.78, 5) is 16.5. The van der Waals surface area contributed by atoms with Crippen LogP contribution in [0.3, 0.4) is 0 Å². The van der Waals surface area contributed by atoms with E-state index in [1.165, 1.54) is 30.7 Å². The predicted molar refractivity (Wildman–Crippen MR) is 90.4 cm³/mol. The van der Waals surface area contributed by atoms with Crippen LogP contribution in [0.2, 0.25) is 0 Å². The van der Waals surface area contributed by atoms with E-state index in [1.54, 1.807) is 0 Å². The number of urea groups is 1. The van der Waals surface area contributed by atoms with E-state index >= 15 is 0 Å². The summed E-state index contributed by atoms with van der Waals surface area (Å²) >= 11 is 1.41. The van der Waals surface area contributed by atoms with Crippen molar-refractivity contribution in [3.05, 3.63) is 5.01 Å². The van der Waals surface area contributed by atoms with E-state index in [0.717, 1.165) is 37.5 Å². The summed E-state index contributed by atoms with van der Waals surface area (Å²) in [5.74, 6) is 0.703. The Hall–Kier alpha value is -1.21. The zero-order valence-corrected chi connectivity index (χ0v) is 14.7. The zero-order chi connectivity index (χ0) is 15.9. The minimum atomic E-state index is -0.0473. The molecule has 1 fully saturated rings. The van der Waals surface area contributed by atoms with E-state index in [9.17, 15) is 4.79 Å². The Morgan fingerprint density at radius 2 is 2.14 bits per heavy atom. The van der Waals surface area contributed by atoms with Crippen LogP contribution >= 0.6 is 11.3 Å². The first-order valence-corrected chi connectivity index (χ1v) is 8.94. The molecule has 2 amide bonds. The minimum Gasteiger partial charge on any atom is -0.324 e. The lowest BCUT2D eigenvalue weighted by atomic mass is 9.96. The standard InChI is InChI=1S/C15H27N5OS/c1-4-5-8-19(3)11-13-6-9-20(10-7-13)15(21)16-14-18-17-12(2)22-14/h13H,4-11H2,1-3H3,(H,16,18,21). The summed E-state index contributed by atoms with van der Waals surface area (Å²) in [7, 11) is 2.20. The molecule has 1 saturated heterocycles. The van der Waals surface area contributed by atoms with Gasteiger partial charge < -0.3 is 9.80 Å². The second-order valence-corrected chi connectivity index (χ2v) is 7.28. The summed E-state index contributed by atoms with van der Waals surface area (Å²) in [6, 6.07) is -0.0473. The lowest BCUT2D eigenvalue weighted by molar-refractivity contribution is 0.163. The maximum Gasteiger partial charge on any atom is 0.323 e. The van der Waals surface area contributed by atoms with Gasteiger partial charge >= 0.3 is 6.03 Å². The van der Waals surface area contributed by atoms with Gasteiger partial charge in [-0.25, -0.2) is 4.79 Å². The molecule has 1 aromatic rings. The fraction of sp³-hybridized carbons (Fsp3) is 0.800. The Kier molecular flexibility index (Phi) is 6.57. The number of nitrogens with zero attached hydrogens (tertiary/aromatic N) is 4. The van der Waals surface area contributed by atoms with Gasteiger partial charge in [-0.2, -0.15) is 0 Å². The molecule has 0 spiro atoms. The molecule has 0 aromatic carbocycles. The van der Waals surface area contributed by atoms with Gasteiger partial charge in [0.05, 0.1) is 0 Å². The Balaban J connectivity index is 1.71. The number of hydrogen-bond acceptors (Lipinski definition) is 5. The maximum absolute atomic E-state index is 12.2. The lowest BCUT2D eigenvalue weighted by Crippen LogP contribution is -2.43. The molecule has 1 N–H and O–H groups in total. The van der Waals surface area contributed by atoms with Crippen LogP contribution in [0.4, 0.5) is 9.93 Å². The molecule has 2 rings (SSSR count). The molecule has 0 aliphatic carbocycles. The quantitative estimate of drug-likeness (QED) is 0.873. The molecule has 22 heavy (non-hydrogen) atoms. The number of unbranched alkanes of at least 4 members (excludes halogenated alkanes) is 1. The summed E-state index contributed by atoms with van der Waals surface area (Å²) in [5.41, 5.74) is 0. The van der Waals surface area contributed by atoms with Gasteiger partial charge in [-0.1, -0.05) is 24.7 Å². The number of amides is 2. The Morgan fingerprint density at radius 1 is 1.41 bits per heavy atom. The molecular formula is C15H27N5OS. The van der Waals surface area contributed by atoms with Crippen LogP contribution in [-0.2, 0) is 0 Å². The molecule has 7 heteroatoms. The molecule has 1 aromatic heterocycles. The SMILES string of the molecule is CCCCN(C)CC1CCN(C(=O)Nc2nnc(C)s2)CC1. The van der Waals surface area contributed by atoms with Crippen molar-refractivity contribution in [3.8, 4) is 0 Å². The number of aryl methyl sites for hydroxylation is 1. The Bertz CT molecular complexity index is 470. The third-order valence-corrected chi connectivity index (χ3v) is 4.86. The van der Waals surface area contributed by atoms with Gasteiger partial charge in [-0.15, -0.1) is 10.2 Å². The Morgan fingerprint density at radius 3 is 2.73 bits per heavy atom. The highest BCUT2D eigenvalue weighted by molar-refractivity contribution is 7.15. The van der Waals surface area contributed by atoms with Gasteiger partial charge in [0, 0.05) is 19.6 Å². The number of likely N-dealkylation sites (tertiary alicyclic amines) is 1. The van der Waals surface area contributed by atoms with Crippen molar-refractivity contribution >= 4 is 22.5 Å². The number of carbonyl (C=O) groups excluding carboxylic acids is 1. The van der Waals surface area contributed by atoms with Crippen LogP contribution in [0, 0.1) is 12.8 Å². The van der Waals surface area contributed by atoms with E-state index in [-0.39, 0.29) is 6.03 Å². The summed E-state index contributed by atoms with van der Waals surface area (Å²) in [5, 5.41) is 12.1. The lowest BCUT2D eigenvalue weighted by Gasteiger charge is -2.33. The van der Waals surface area contributed by atoms with Crippen LogP contribution in [0.5, 0.6) is 0 Å². The largest absolute Gasteiger partial charge is 0.324 e. The monoisotopic (exact) mass is 325 g/mol. The van der Waals surface area contributed by atoms with E-state index in [2.05, 4.69) is 34.4 Å². The first kappa shape index (κ1) is 17.1. The van der Waals surface area contributed by atoms with Gasteiger partial charge in [0.25, 0.3) is 0 Å². The summed E-state index contributed by atoms with van der Waals surface area (Å²) in [6.45, 7) is 8.09. The third-order valence-electron chi connectivity index (χ3n) is 4.10. The molecule has 0 radical (unpaired) electrons. The van der Waals surface area contributed by atoms with Crippen LogP contribution < -0.4 is 5.32 Å². The molecule has 2 heterocycles. The van der Waals surface area contributed by atoms with E-state index < -0.39 is 0 Å². The molecule has 1 aliphatic heterocycles. The van der Waals surface area contributed by atoms with Gasteiger partial charge in [-0.3, -0.25) is 5.32 Å². The molecule has 0 saturated carbocycles. The van der Waals surface area contributed by atoms with Gasteiger partial charge in [0.1, 0.15) is 5.01 Å². The predicted octanol–water partition coefficient (Wildman–Crippen LogP) is 2.82. The van der Waals surface area contributed by atoms with Crippen molar-refractivity contribution < 1.29 is 4.79 Å². The highest BCUT2D eigenvalue weighted by Crippen LogP contribution is 2.20. The topological polar surface area (TPSA) is 61.4 Å². The molecule has 0 atom stereocenters. The summed E-state index contributed by atoms with van der Waals surface area (Å²) in [6.07, 6.45) is 4.67. The van der Waals surface area contributed by atoms with Crippen molar-refractivity contribution in [1.29, 1.82) is 0 Å². The van der Waals surface area contributed by atoms with Crippen molar-refractivity contribution in [2.75, 3.05) is 38.5 Å². The number of piperidine rings is 1. The molecule has 0 bridgehead atoms. The van der Waals surface area contributed by atoms with Crippen molar-refractivity contribution in [2.24, 2.45) is 5.92 Å². The van der Waals surface area contributed by atoms with Gasteiger partial charge in [0.15, 0.2) is 0 Å². The molecule has 0 unspecified atom stereocenters.